The number of nitrogens with zero attached hydrogens (tertiary/aromatic N) is 3. The average molecular weight is 310 g/mol. The molecule has 3 rings (SSSR count). The molecule has 1 aliphatic rings. The number of anilines is 1. The van der Waals surface area contributed by atoms with Gasteiger partial charge in [-0.1, -0.05) is 6.92 Å². The van der Waals surface area contributed by atoms with Crippen LogP contribution in [0.25, 0.3) is 11.0 Å². The fourth-order valence-electron chi connectivity index (χ4n) is 3.12. The zero-order valence-electron chi connectivity index (χ0n) is 12.1. The lowest BCUT2D eigenvalue weighted by molar-refractivity contribution is -0.136. The lowest BCUT2D eigenvalue weighted by Gasteiger charge is -2.36. The molecule has 2 unspecified atom stereocenters. The minimum atomic E-state index is -4.45. The van der Waals surface area contributed by atoms with Crippen molar-refractivity contribution >= 4 is 16.7 Å². The predicted octanol–water partition coefficient (Wildman–Crippen LogP) is 2.82. The molecule has 0 saturated carbocycles. The number of halogens is 3. The lowest BCUT2D eigenvalue weighted by atomic mass is 9.95. The third-order valence-corrected chi connectivity index (χ3v) is 3.94. The molecule has 2 N–H and O–H groups in total. The molecule has 1 fully saturated rings. The van der Waals surface area contributed by atoms with Crippen molar-refractivity contribution in [1.82, 2.24) is 9.97 Å². The third-order valence-electron chi connectivity index (χ3n) is 3.94. The molecule has 0 radical (unpaired) electrons. The van der Waals surface area contributed by atoms with Gasteiger partial charge in [-0.2, -0.15) is 13.2 Å². The van der Waals surface area contributed by atoms with E-state index in [0.29, 0.717) is 18.2 Å². The van der Waals surface area contributed by atoms with Crippen LogP contribution in [0.3, 0.4) is 0 Å². The van der Waals surface area contributed by atoms with Gasteiger partial charge in [0.15, 0.2) is 0 Å². The van der Waals surface area contributed by atoms with Gasteiger partial charge in [-0.15, -0.1) is 0 Å². The second-order valence-corrected chi connectivity index (χ2v) is 5.89. The fraction of sp³-hybridized carbons (Fsp3) is 0.467. The number of hydrogen-bond donors (Lipinski definition) is 1. The predicted molar refractivity (Wildman–Crippen MR) is 78.5 cm³/mol. The first-order chi connectivity index (χ1) is 10.4. The number of fused-ring (bicyclic) bond motifs is 1. The Kier molecular flexibility index (Phi) is 3.68. The van der Waals surface area contributed by atoms with Crippen molar-refractivity contribution in [2.45, 2.75) is 25.6 Å². The summed E-state index contributed by atoms with van der Waals surface area (Å²) in [5, 5.41) is 0. The van der Waals surface area contributed by atoms with Gasteiger partial charge < -0.3 is 10.6 Å². The van der Waals surface area contributed by atoms with Crippen LogP contribution in [-0.4, -0.2) is 29.1 Å². The van der Waals surface area contributed by atoms with Crippen LogP contribution in [0.2, 0.25) is 0 Å². The van der Waals surface area contributed by atoms with E-state index in [-0.39, 0.29) is 17.1 Å². The average Bonchev–Trinajstić information content (AvgIpc) is 2.44. The van der Waals surface area contributed by atoms with E-state index in [2.05, 4.69) is 16.9 Å². The standard InChI is InChI=1S/C15H17F3N4/c1-9-6-10(19)8-22(7-9)12-3-2-11(15(16,17)18)13-14(12)21-5-4-20-13/h2-5,9-10H,6-8,19H2,1H3. The highest BCUT2D eigenvalue weighted by molar-refractivity contribution is 5.90. The molecule has 1 aromatic heterocycles. The molecular weight excluding hydrogens is 293 g/mol. The third kappa shape index (κ3) is 2.72. The Morgan fingerprint density at radius 2 is 1.82 bits per heavy atom. The number of hydrogen-bond acceptors (Lipinski definition) is 4. The molecule has 0 bridgehead atoms. The highest BCUT2D eigenvalue weighted by Crippen LogP contribution is 2.37. The van der Waals surface area contributed by atoms with E-state index < -0.39 is 11.7 Å². The van der Waals surface area contributed by atoms with Gasteiger partial charge in [0, 0.05) is 31.5 Å². The Labute approximate surface area is 126 Å². The second-order valence-electron chi connectivity index (χ2n) is 5.89. The summed E-state index contributed by atoms with van der Waals surface area (Å²) >= 11 is 0. The first-order valence-electron chi connectivity index (χ1n) is 7.17. The molecule has 0 aliphatic carbocycles. The number of aromatic nitrogens is 2. The Morgan fingerprint density at radius 1 is 1.14 bits per heavy atom. The highest BCUT2D eigenvalue weighted by atomic mass is 19.4. The molecule has 0 spiro atoms. The zero-order valence-corrected chi connectivity index (χ0v) is 12.1. The zero-order chi connectivity index (χ0) is 15.9. The minimum absolute atomic E-state index is 0.0118. The smallest absolute Gasteiger partial charge is 0.368 e. The molecule has 4 nitrogen and oxygen atoms in total. The van der Waals surface area contributed by atoms with E-state index in [4.69, 9.17) is 5.73 Å². The maximum Gasteiger partial charge on any atom is 0.418 e. The molecule has 7 heteroatoms. The molecule has 1 aliphatic heterocycles. The van der Waals surface area contributed by atoms with Crippen LogP contribution in [0.15, 0.2) is 24.5 Å². The van der Waals surface area contributed by atoms with Crippen LogP contribution in [0.4, 0.5) is 18.9 Å². The van der Waals surface area contributed by atoms with Gasteiger partial charge in [-0.3, -0.25) is 9.97 Å². The number of nitrogens with two attached hydrogens (primary N) is 1. The summed E-state index contributed by atoms with van der Waals surface area (Å²) in [4.78, 5) is 10.0. The van der Waals surface area contributed by atoms with E-state index in [1.54, 1.807) is 0 Å². The molecule has 0 amide bonds. The van der Waals surface area contributed by atoms with Crippen LogP contribution >= 0.6 is 0 Å². The first-order valence-corrected chi connectivity index (χ1v) is 7.17. The summed E-state index contributed by atoms with van der Waals surface area (Å²) in [6, 6.07) is 2.57. The van der Waals surface area contributed by atoms with Gasteiger partial charge in [0.05, 0.1) is 11.3 Å². The number of benzene rings is 1. The van der Waals surface area contributed by atoms with Gasteiger partial charge in [-0.25, -0.2) is 0 Å². The number of piperidine rings is 1. The van der Waals surface area contributed by atoms with Gasteiger partial charge in [-0.05, 0) is 24.5 Å². The van der Waals surface area contributed by atoms with E-state index in [1.165, 1.54) is 18.5 Å². The first kappa shape index (κ1) is 15.0. The summed E-state index contributed by atoms with van der Waals surface area (Å²) in [5.41, 5.74) is 6.11. The van der Waals surface area contributed by atoms with Gasteiger partial charge in [0.1, 0.15) is 11.0 Å². The normalized spacial score (nSPS) is 23.0. The van der Waals surface area contributed by atoms with Crippen molar-refractivity contribution in [3.63, 3.8) is 0 Å². The number of alkyl halides is 3. The quantitative estimate of drug-likeness (QED) is 0.880. The second kappa shape index (κ2) is 5.39. The van der Waals surface area contributed by atoms with Gasteiger partial charge in [0.2, 0.25) is 0 Å². The van der Waals surface area contributed by atoms with Crippen molar-refractivity contribution in [2.75, 3.05) is 18.0 Å². The summed E-state index contributed by atoms with van der Waals surface area (Å²) in [6.45, 7) is 3.45. The maximum atomic E-state index is 13.1. The van der Waals surface area contributed by atoms with E-state index in [9.17, 15) is 13.2 Å². The molecule has 22 heavy (non-hydrogen) atoms. The molecule has 2 atom stereocenters. The van der Waals surface area contributed by atoms with Gasteiger partial charge in [0.25, 0.3) is 0 Å². The van der Waals surface area contributed by atoms with Crippen molar-refractivity contribution < 1.29 is 13.2 Å². The largest absolute Gasteiger partial charge is 0.418 e. The maximum absolute atomic E-state index is 13.1. The van der Waals surface area contributed by atoms with Crippen molar-refractivity contribution in [3.8, 4) is 0 Å². The van der Waals surface area contributed by atoms with Crippen LogP contribution in [0, 0.1) is 5.92 Å². The Hall–Kier alpha value is -1.89. The molecule has 118 valence electrons. The summed E-state index contributed by atoms with van der Waals surface area (Å²) in [6.07, 6.45) is -0.829. The Balaban J connectivity index is 2.12. The van der Waals surface area contributed by atoms with E-state index in [1.807, 2.05) is 4.90 Å². The van der Waals surface area contributed by atoms with E-state index >= 15 is 0 Å². The lowest BCUT2D eigenvalue weighted by Crippen LogP contribution is -2.46. The fourth-order valence-corrected chi connectivity index (χ4v) is 3.12. The van der Waals surface area contributed by atoms with Crippen molar-refractivity contribution in [2.24, 2.45) is 11.7 Å². The molecule has 2 aromatic rings. The van der Waals surface area contributed by atoms with Crippen LogP contribution < -0.4 is 10.6 Å². The van der Waals surface area contributed by atoms with Crippen LogP contribution in [-0.2, 0) is 6.18 Å². The molecule has 1 saturated heterocycles. The molecule has 1 aromatic carbocycles. The highest BCUT2D eigenvalue weighted by Gasteiger charge is 2.35. The van der Waals surface area contributed by atoms with Gasteiger partial charge >= 0.3 is 6.18 Å². The van der Waals surface area contributed by atoms with Crippen LogP contribution in [0.1, 0.15) is 18.9 Å². The Morgan fingerprint density at radius 3 is 2.45 bits per heavy atom. The SMILES string of the molecule is CC1CC(N)CN(c2ccc(C(F)(F)F)c3nccnc23)C1. The molecular formula is C15H17F3N4. The summed E-state index contributed by atoms with van der Waals surface area (Å²) in [5.74, 6) is 0.387. The summed E-state index contributed by atoms with van der Waals surface area (Å²) < 4.78 is 39.3. The summed E-state index contributed by atoms with van der Waals surface area (Å²) in [7, 11) is 0. The van der Waals surface area contributed by atoms with Crippen LogP contribution in [0.5, 0.6) is 0 Å². The minimum Gasteiger partial charge on any atom is -0.368 e. The molecule has 2 heterocycles. The number of rotatable bonds is 1. The monoisotopic (exact) mass is 310 g/mol. The van der Waals surface area contributed by atoms with Crippen molar-refractivity contribution in [1.29, 1.82) is 0 Å². The topological polar surface area (TPSA) is 55.0 Å². The Bertz CT molecular complexity index is 676. The van der Waals surface area contributed by atoms with Crippen molar-refractivity contribution in [3.05, 3.63) is 30.1 Å². The van der Waals surface area contributed by atoms with E-state index in [0.717, 1.165) is 19.0 Å².